The first-order valence-corrected chi connectivity index (χ1v) is 7.28. The lowest BCUT2D eigenvalue weighted by Crippen LogP contribution is -2.37. The number of hydrogen-bond donors (Lipinski definition) is 0. The van der Waals surface area contributed by atoms with Crippen LogP contribution in [0.3, 0.4) is 0 Å². The molecular formula is C16H23NO3. The van der Waals surface area contributed by atoms with Crippen LogP contribution in [0, 0.1) is 0 Å². The van der Waals surface area contributed by atoms with E-state index < -0.39 is 0 Å². The zero-order valence-corrected chi connectivity index (χ0v) is 12.2. The molecule has 1 aliphatic rings. The molecule has 0 aromatic heterocycles. The normalized spacial score (nSPS) is 22.7. The number of unbranched alkanes of at least 4 members (excludes halogenated alkanes) is 1. The first kappa shape index (κ1) is 14.9. The van der Waals surface area contributed by atoms with Gasteiger partial charge in [0.05, 0.1) is 7.11 Å². The molecule has 0 aliphatic carbocycles. The lowest BCUT2D eigenvalue weighted by molar-refractivity contribution is -0.145. The first-order valence-electron chi connectivity index (χ1n) is 7.28. The van der Waals surface area contributed by atoms with Crippen molar-refractivity contribution >= 4 is 5.97 Å². The highest BCUT2D eigenvalue weighted by Gasteiger charge is 2.38. The van der Waals surface area contributed by atoms with Gasteiger partial charge >= 0.3 is 5.97 Å². The Labute approximate surface area is 120 Å². The van der Waals surface area contributed by atoms with Crippen LogP contribution in [-0.2, 0) is 9.53 Å². The van der Waals surface area contributed by atoms with Gasteiger partial charge in [-0.25, -0.2) is 0 Å². The number of carbonyl (C=O) groups excluding carboxylic acids is 1. The van der Waals surface area contributed by atoms with Crippen molar-refractivity contribution in [2.75, 3.05) is 20.2 Å². The van der Waals surface area contributed by atoms with E-state index in [2.05, 4.69) is 11.8 Å². The Bertz CT molecular complexity index is 421. The molecule has 1 saturated heterocycles. The second kappa shape index (κ2) is 7.29. The molecule has 4 nitrogen and oxygen atoms in total. The van der Waals surface area contributed by atoms with Crippen LogP contribution >= 0.6 is 0 Å². The molecule has 20 heavy (non-hydrogen) atoms. The third kappa shape index (κ3) is 3.73. The molecule has 2 rings (SSSR count). The van der Waals surface area contributed by atoms with Gasteiger partial charge in [0, 0.05) is 13.0 Å². The van der Waals surface area contributed by atoms with Gasteiger partial charge in [0.25, 0.3) is 0 Å². The van der Waals surface area contributed by atoms with Gasteiger partial charge in [-0.2, -0.15) is 0 Å². The van der Waals surface area contributed by atoms with Gasteiger partial charge in [0.1, 0.15) is 17.9 Å². The number of para-hydroxylation sites is 1. The number of likely N-dealkylation sites (tertiary alicyclic amines) is 1. The average molecular weight is 277 g/mol. The van der Waals surface area contributed by atoms with E-state index in [4.69, 9.17) is 9.47 Å². The predicted molar refractivity (Wildman–Crippen MR) is 77.8 cm³/mol. The van der Waals surface area contributed by atoms with Crippen LogP contribution in [0.1, 0.15) is 26.2 Å². The Kier molecular flexibility index (Phi) is 5.41. The number of nitrogens with zero attached hydrogens (tertiary/aromatic N) is 1. The topological polar surface area (TPSA) is 38.8 Å². The van der Waals surface area contributed by atoms with E-state index in [-0.39, 0.29) is 18.1 Å². The Morgan fingerprint density at radius 3 is 2.75 bits per heavy atom. The van der Waals surface area contributed by atoms with E-state index in [1.54, 1.807) is 0 Å². The molecule has 1 aliphatic heterocycles. The Morgan fingerprint density at radius 1 is 1.35 bits per heavy atom. The maximum absolute atomic E-state index is 11.9. The standard InChI is InChI=1S/C16H23NO3/c1-3-4-10-17-12-14(11-15(17)16(18)19-2)20-13-8-6-5-7-9-13/h5-9,14-15H,3-4,10-12H2,1-2H3. The molecular weight excluding hydrogens is 254 g/mol. The highest BCUT2D eigenvalue weighted by molar-refractivity contribution is 5.76. The fourth-order valence-electron chi connectivity index (χ4n) is 2.63. The molecule has 1 heterocycles. The number of ether oxygens (including phenoxy) is 2. The van der Waals surface area contributed by atoms with Crippen molar-refractivity contribution in [1.29, 1.82) is 0 Å². The molecule has 0 N–H and O–H groups in total. The first-order chi connectivity index (χ1) is 9.74. The second-order valence-corrected chi connectivity index (χ2v) is 5.18. The van der Waals surface area contributed by atoms with Crippen molar-refractivity contribution in [3.63, 3.8) is 0 Å². The highest BCUT2D eigenvalue weighted by Crippen LogP contribution is 2.24. The minimum Gasteiger partial charge on any atom is -0.489 e. The minimum absolute atomic E-state index is 0.0540. The SMILES string of the molecule is CCCCN1CC(Oc2ccccc2)CC1C(=O)OC. The van der Waals surface area contributed by atoms with E-state index in [0.717, 1.165) is 31.7 Å². The zero-order valence-electron chi connectivity index (χ0n) is 12.2. The van der Waals surface area contributed by atoms with Crippen LogP contribution in [0.4, 0.5) is 0 Å². The summed E-state index contributed by atoms with van der Waals surface area (Å²) in [6.07, 6.45) is 2.96. The third-order valence-corrected chi connectivity index (χ3v) is 3.68. The van der Waals surface area contributed by atoms with Crippen LogP contribution in [-0.4, -0.2) is 43.2 Å². The monoisotopic (exact) mass is 277 g/mol. The van der Waals surface area contributed by atoms with Crippen LogP contribution in [0.2, 0.25) is 0 Å². The summed E-state index contributed by atoms with van der Waals surface area (Å²) in [7, 11) is 1.45. The summed E-state index contributed by atoms with van der Waals surface area (Å²) in [5, 5.41) is 0. The summed E-state index contributed by atoms with van der Waals surface area (Å²) in [4.78, 5) is 14.0. The van der Waals surface area contributed by atoms with Gasteiger partial charge in [-0.05, 0) is 25.1 Å². The average Bonchev–Trinajstić information content (AvgIpc) is 2.88. The molecule has 2 unspecified atom stereocenters. The number of carbonyl (C=O) groups is 1. The second-order valence-electron chi connectivity index (χ2n) is 5.18. The molecule has 1 aromatic rings. The van der Waals surface area contributed by atoms with Crippen LogP contribution in [0.25, 0.3) is 0 Å². The van der Waals surface area contributed by atoms with Crippen molar-refractivity contribution < 1.29 is 14.3 Å². The van der Waals surface area contributed by atoms with Gasteiger partial charge in [-0.15, -0.1) is 0 Å². The molecule has 0 radical (unpaired) electrons. The summed E-state index contributed by atoms with van der Waals surface area (Å²) in [6.45, 7) is 3.86. The maximum Gasteiger partial charge on any atom is 0.323 e. The summed E-state index contributed by atoms with van der Waals surface area (Å²) in [6, 6.07) is 9.60. The fourth-order valence-corrected chi connectivity index (χ4v) is 2.63. The lowest BCUT2D eigenvalue weighted by Gasteiger charge is -2.21. The molecule has 4 heteroatoms. The van der Waals surface area contributed by atoms with Crippen molar-refractivity contribution in [3.05, 3.63) is 30.3 Å². The number of esters is 1. The largest absolute Gasteiger partial charge is 0.489 e. The van der Waals surface area contributed by atoms with E-state index in [1.165, 1.54) is 7.11 Å². The smallest absolute Gasteiger partial charge is 0.323 e. The van der Waals surface area contributed by atoms with Gasteiger partial charge in [0.2, 0.25) is 0 Å². The van der Waals surface area contributed by atoms with Crippen molar-refractivity contribution in [2.45, 2.75) is 38.3 Å². The molecule has 0 saturated carbocycles. The van der Waals surface area contributed by atoms with Gasteiger partial charge < -0.3 is 9.47 Å². The molecule has 110 valence electrons. The summed E-state index contributed by atoms with van der Waals surface area (Å²) >= 11 is 0. The van der Waals surface area contributed by atoms with E-state index in [9.17, 15) is 4.79 Å². The summed E-state index contributed by atoms with van der Waals surface area (Å²) in [5.74, 6) is 0.707. The van der Waals surface area contributed by atoms with E-state index in [1.807, 2.05) is 30.3 Å². The van der Waals surface area contributed by atoms with E-state index >= 15 is 0 Å². The van der Waals surface area contributed by atoms with Crippen LogP contribution in [0.15, 0.2) is 30.3 Å². The summed E-state index contributed by atoms with van der Waals surface area (Å²) in [5.41, 5.74) is 0. The van der Waals surface area contributed by atoms with Gasteiger partial charge in [-0.3, -0.25) is 9.69 Å². The fraction of sp³-hybridized carbons (Fsp3) is 0.562. The number of methoxy groups -OCH3 is 1. The molecule has 0 spiro atoms. The summed E-state index contributed by atoms with van der Waals surface area (Å²) < 4.78 is 10.9. The van der Waals surface area contributed by atoms with Crippen molar-refractivity contribution in [3.8, 4) is 5.75 Å². The molecule has 1 fully saturated rings. The number of benzene rings is 1. The predicted octanol–water partition coefficient (Wildman–Crippen LogP) is 2.48. The minimum atomic E-state index is -0.166. The number of rotatable bonds is 6. The van der Waals surface area contributed by atoms with E-state index in [0.29, 0.717) is 6.42 Å². The maximum atomic E-state index is 11.9. The Hall–Kier alpha value is -1.55. The lowest BCUT2D eigenvalue weighted by atomic mass is 10.2. The van der Waals surface area contributed by atoms with Crippen LogP contribution < -0.4 is 4.74 Å². The van der Waals surface area contributed by atoms with Crippen molar-refractivity contribution in [1.82, 2.24) is 4.90 Å². The van der Waals surface area contributed by atoms with Crippen molar-refractivity contribution in [2.24, 2.45) is 0 Å². The third-order valence-electron chi connectivity index (χ3n) is 3.68. The Balaban J connectivity index is 1.97. The highest BCUT2D eigenvalue weighted by atomic mass is 16.5. The molecule has 2 atom stereocenters. The van der Waals surface area contributed by atoms with Crippen LogP contribution in [0.5, 0.6) is 5.75 Å². The molecule has 1 aromatic carbocycles. The molecule has 0 bridgehead atoms. The zero-order chi connectivity index (χ0) is 14.4. The number of hydrogen-bond acceptors (Lipinski definition) is 4. The Morgan fingerprint density at radius 2 is 2.10 bits per heavy atom. The molecule has 0 amide bonds. The van der Waals surface area contributed by atoms with Gasteiger partial charge in [0.15, 0.2) is 0 Å². The van der Waals surface area contributed by atoms with Gasteiger partial charge in [-0.1, -0.05) is 31.5 Å². The quantitative estimate of drug-likeness (QED) is 0.749.